The Labute approximate surface area is 192 Å². The molecule has 3 rings (SSSR count). The predicted octanol–water partition coefficient (Wildman–Crippen LogP) is 6.37. The van der Waals surface area contributed by atoms with Crippen LogP contribution in [-0.4, -0.2) is 23.5 Å². The molecule has 3 heteroatoms. The van der Waals surface area contributed by atoms with E-state index in [0.29, 0.717) is 6.61 Å². The highest BCUT2D eigenvalue weighted by Gasteiger charge is 2.04. The molecule has 0 amide bonds. The summed E-state index contributed by atoms with van der Waals surface area (Å²) >= 11 is 0. The van der Waals surface area contributed by atoms with Gasteiger partial charge in [0.25, 0.3) is 0 Å². The van der Waals surface area contributed by atoms with E-state index in [2.05, 4.69) is 98.1 Å². The van der Waals surface area contributed by atoms with Crippen LogP contribution >= 0.6 is 0 Å². The highest BCUT2D eigenvalue weighted by Crippen LogP contribution is 2.21. The summed E-state index contributed by atoms with van der Waals surface area (Å²) in [5.74, 6) is 7.22. The van der Waals surface area contributed by atoms with Crippen LogP contribution in [0.2, 0.25) is 0 Å². The zero-order valence-corrected chi connectivity index (χ0v) is 19.5. The number of likely N-dealkylation sites (N-methyl/N-ethyl adjacent to an activating group) is 1. The van der Waals surface area contributed by atoms with Crippen molar-refractivity contribution in [3.05, 3.63) is 96.3 Å². The van der Waals surface area contributed by atoms with Gasteiger partial charge in [-0.2, -0.15) is 0 Å². The van der Waals surface area contributed by atoms with Crippen LogP contribution in [0.4, 0.5) is 0 Å². The van der Waals surface area contributed by atoms with Gasteiger partial charge in [-0.15, -0.1) is 0 Å². The minimum Gasteiger partial charge on any atom is -0.489 e. The second-order valence-electron chi connectivity index (χ2n) is 8.99. The summed E-state index contributed by atoms with van der Waals surface area (Å²) in [6.45, 7) is 8.59. The Bertz CT molecular complexity index is 1090. The Morgan fingerprint density at radius 1 is 0.938 bits per heavy atom. The van der Waals surface area contributed by atoms with E-state index in [1.807, 2.05) is 36.7 Å². The molecule has 0 spiro atoms. The molecule has 3 aromatic rings. The maximum absolute atomic E-state index is 6.09. The third-order valence-corrected chi connectivity index (χ3v) is 4.76. The summed E-state index contributed by atoms with van der Waals surface area (Å²) in [7, 11) is 2.11. The van der Waals surface area contributed by atoms with Gasteiger partial charge in [-0.25, -0.2) is 0 Å². The van der Waals surface area contributed by atoms with Crippen LogP contribution in [0.25, 0.3) is 11.1 Å². The number of rotatable bonds is 8. The SMILES string of the molecule is CN(CC=CC#CC(C)(C)C)Cc1cccc(OCc2cccc(-c3ccncc3)c2)c1. The lowest BCUT2D eigenvalue weighted by molar-refractivity contribution is 0.304. The first-order valence-electron chi connectivity index (χ1n) is 11.0. The third-order valence-electron chi connectivity index (χ3n) is 4.76. The lowest BCUT2D eigenvalue weighted by Crippen LogP contribution is -2.17. The average Bonchev–Trinajstić information content (AvgIpc) is 2.78. The lowest BCUT2D eigenvalue weighted by Gasteiger charge is -2.15. The molecule has 1 heterocycles. The van der Waals surface area contributed by atoms with E-state index < -0.39 is 0 Å². The van der Waals surface area contributed by atoms with Crippen molar-refractivity contribution in [2.24, 2.45) is 5.41 Å². The molecule has 0 aliphatic heterocycles. The summed E-state index contributed by atoms with van der Waals surface area (Å²) in [5.41, 5.74) is 4.74. The number of ether oxygens (including phenoxy) is 1. The highest BCUT2D eigenvalue weighted by molar-refractivity contribution is 5.63. The second kappa shape index (κ2) is 11.3. The first-order valence-corrected chi connectivity index (χ1v) is 11.0. The molecule has 0 bridgehead atoms. The molecule has 32 heavy (non-hydrogen) atoms. The number of benzene rings is 2. The Balaban J connectivity index is 1.54. The van der Waals surface area contributed by atoms with Crippen LogP contribution in [0, 0.1) is 17.3 Å². The molecule has 0 saturated heterocycles. The van der Waals surface area contributed by atoms with Crippen molar-refractivity contribution in [1.82, 2.24) is 9.88 Å². The first-order chi connectivity index (χ1) is 15.4. The molecule has 0 unspecified atom stereocenters. The summed E-state index contributed by atoms with van der Waals surface area (Å²) in [4.78, 5) is 6.35. The Morgan fingerprint density at radius 2 is 1.69 bits per heavy atom. The number of nitrogens with zero attached hydrogens (tertiary/aromatic N) is 2. The standard InChI is InChI=1S/C29H32N2O/c1-29(2,3)16-6-5-7-19-31(4)22-24-10-9-13-28(21-24)32-23-25-11-8-12-27(20-25)26-14-17-30-18-15-26/h5,7-15,17-18,20-21H,19,22-23H2,1-4H3. The molecule has 0 fully saturated rings. The fourth-order valence-electron chi connectivity index (χ4n) is 3.21. The second-order valence-corrected chi connectivity index (χ2v) is 8.99. The maximum Gasteiger partial charge on any atom is 0.120 e. The summed E-state index contributed by atoms with van der Waals surface area (Å²) in [6, 6.07) is 20.8. The summed E-state index contributed by atoms with van der Waals surface area (Å²) in [6.07, 6.45) is 7.68. The van der Waals surface area contributed by atoms with E-state index in [-0.39, 0.29) is 5.41 Å². The van der Waals surface area contributed by atoms with E-state index in [1.54, 1.807) is 0 Å². The van der Waals surface area contributed by atoms with Gasteiger partial charge in [-0.3, -0.25) is 9.88 Å². The molecular formula is C29H32N2O. The van der Waals surface area contributed by atoms with Gasteiger partial charge in [0.2, 0.25) is 0 Å². The molecule has 0 saturated carbocycles. The van der Waals surface area contributed by atoms with Gasteiger partial charge in [0, 0.05) is 30.9 Å². The minimum absolute atomic E-state index is 0.0387. The number of allylic oxidation sites excluding steroid dienone is 1. The molecule has 0 N–H and O–H groups in total. The van der Waals surface area contributed by atoms with Crippen molar-refractivity contribution in [1.29, 1.82) is 0 Å². The Hall–Kier alpha value is -3.35. The van der Waals surface area contributed by atoms with E-state index in [0.717, 1.165) is 30.0 Å². The van der Waals surface area contributed by atoms with E-state index in [4.69, 9.17) is 4.74 Å². The van der Waals surface area contributed by atoms with Gasteiger partial charge in [0.1, 0.15) is 12.4 Å². The van der Waals surface area contributed by atoms with E-state index >= 15 is 0 Å². The molecule has 3 nitrogen and oxygen atoms in total. The number of aromatic nitrogens is 1. The normalized spacial score (nSPS) is 11.4. The smallest absolute Gasteiger partial charge is 0.120 e. The first kappa shape index (κ1) is 23.3. The quantitative estimate of drug-likeness (QED) is 0.393. The summed E-state index contributed by atoms with van der Waals surface area (Å²) in [5, 5.41) is 0. The molecule has 2 aromatic carbocycles. The molecule has 0 aliphatic rings. The third kappa shape index (κ3) is 8.06. The van der Waals surface area contributed by atoms with Crippen molar-refractivity contribution >= 4 is 0 Å². The predicted molar refractivity (Wildman–Crippen MR) is 133 cm³/mol. The van der Waals surface area contributed by atoms with Crippen molar-refractivity contribution in [3.8, 4) is 28.7 Å². The van der Waals surface area contributed by atoms with Crippen LogP contribution in [0.15, 0.2) is 85.2 Å². The van der Waals surface area contributed by atoms with Gasteiger partial charge in [-0.05, 0) is 86.5 Å². The van der Waals surface area contributed by atoms with Gasteiger partial charge >= 0.3 is 0 Å². The van der Waals surface area contributed by atoms with Crippen LogP contribution in [0.3, 0.4) is 0 Å². The largest absolute Gasteiger partial charge is 0.489 e. The number of pyridine rings is 1. The van der Waals surface area contributed by atoms with Gasteiger partial charge in [-0.1, -0.05) is 48.2 Å². The van der Waals surface area contributed by atoms with Crippen molar-refractivity contribution in [2.75, 3.05) is 13.6 Å². The van der Waals surface area contributed by atoms with Gasteiger partial charge in [0.05, 0.1) is 0 Å². The summed E-state index contributed by atoms with van der Waals surface area (Å²) < 4.78 is 6.09. The Kier molecular flexibility index (Phi) is 8.25. The molecule has 164 valence electrons. The van der Waals surface area contributed by atoms with Crippen LogP contribution < -0.4 is 4.74 Å². The molecule has 1 aromatic heterocycles. The molecular weight excluding hydrogens is 392 g/mol. The monoisotopic (exact) mass is 424 g/mol. The zero-order chi connectivity index (χ0) is 22.8. The van der Waals surface area contributed by atoms with Crippen molar-refractivity contribution in [3.63, 3.8) is 0 Å². The van der Waals surface area contributed by atoms with Crippen LogP contribution in [-0.2, 0) is 13.2 Å². The zero-order valence-electron chi connectivity index (χ0n) is 19.5. The number of hydrogen-bond donors (Lipinski definition) is 0. The van der Waals surface area contributed by atoms with Gasteiger partial charge in [0.15, 0.2) is 0 Å². The van der Waals surface area contributed by atoms with Crippen LogP contribution in [0.1, 0.15) is 31.9 Å². The Morgan fingerprint density at radius 3 is 2.47 bits per heavy atom. The lowest BCUT2D eigenvalue weighted by atomic mass is 9.98. The topological polar surface area (TPSA) is 25.4 Å². The molecule has 0 aliphatic carbocycles. The van der Waals surface area contributed by atoms with Crippen molar-refractivity contribution in [2.45, 2.75) is 33.9 Å². The van der Waals surface area contributed by atoms with Gasteiger partial charge < -0.3 is 4.74 Å². The van der Waals surface area contributed by atoms with Crippen molar-refractivity contribution < 1.29 is 4.74 Å². The maximum atomic E-state index is 6.09. The van der Waals surface area contributed by atoms with E-state index in [1.165, 1.54) is 11.1 Å². The average molecular weight is 425 g/mol. The highest BCUT2D eigenvalue weighted by atomic mass is 16.5. The number of hydrogen-bond acceptors (Lipinski definition) is 3. The fourth-order valence-corrected chi connectivity index (χ4v) is 3.21. The fraction of sp³-hybridized carbons (Fsp3) is 0.276. The van der Waals surface area contributed by atoms with Crippen LogP contribution in [0.5, 0.6) is 5.75 Å². The molecule has 0 radical (unpaired) electrons. The van der Waals surface area contributed by atoms with E-state index in [9.17, 15) is 0 Å². The minimum atomic E-state index is 0.0387. The molecule has 0 atom stereocenters.